The van der Waals surface area contributed by atoms with E-state index in [1.54, 1.807) is 18.7 Å². The van der Waals surface area contributed by atoms with Crippen molar-refractivity contribution in [1.29, 1.82) is 0 Å². The molecule has 0 fully saturated rings. The third-order valence-electron chi connectivity index (χ3n) is 5.72. The first-order chi connectivity index (χ1) is 15.8. The second-order valence-corrected chi connectivity index (χ2v) is 8.65. The summed E-state index contributed by atoms with van der Waals surface area (Å²) in [6.45, 7) is 0.573. The van der Waals surface area contributed by atoms with Crippen LogP contribution >= 0.6 is 11.3 Å². The van der Waals surface area contributed by atoms with Crippen LogP contribution in [0.25, 0.3) is 21.5 Å². The van der Waals surface area contributed by atoms with Crippen LogP contribution in [0.15, 0.2) is 73.4 Å². The van der Waals surface area contributed by atoms with Crippen LogP contribution in [-0.2, 0) is 6.42 Å². The van der Waals surface area contributed by atoms with E-state index in [1.165, 1.54) is 11.3 Å². The maximum atomic E-state index is 13.6. The number of pyridine rings is 2. The molecule has 0 radical (unpaired) electrons. The van der Waals surface area contributed by atoms with Gasteiger partial charge in [-0.2, -0.15) is 0 Å². The summed E-state index contributed by atoms with van der Waals surface area (Å²) < 4.78 is 0. The molecule has 32 heavy (non-hydrogen) atoms. The van der Waals surface area contributed by atoms with E-state index in [-0.39, 0.29) is 11.9 Å². The van der Waals surface area contributed by atoms with Crippen molar-refractivity contribution in [3.8, 4) is 10.7 Å². The van der Waals surface area contributed by atoms with Gasteiger partial charge in [-0.05, 0) is 23.6 Å². The zero-order chi connectivity index (χ0) is 21.5. The number of amides is 1. The van der Waals surface area contributed by atoms with Crippen molar-refractivity contribution in [3.05, 3.63) is 95.4 Å². The lowest BCUT2D eigenvalue weighted by molar-refractivity contribution is 0.0692. The van der Waals surface area contributed by atoms with E-state index in [1.807, 2.05) is 47.5 Å². The molecule has 156 valence electrons. The third-order valence-corrected chi connectivity index (χ3v) is 6.73. The Balaban J connectivity index is 1.40. The predicted molar refractivity (Wildman–Crippen MR) is 122 cm³/mol. The lowest BCUT2D eigenvalue weighted by Gasteiger charge is -2.34. The van der Waals surface area contributed by atoms with E-state index in [2.05, 4.69) is 32.1 Å². The van der Waals surface area contributed by atoms with Crippen molar-refractivity contribution in [2.75, 3.05) is 6.54 Å². The first-order valence-electron chi connectivity index (χ1n) is 10.3. The van der Waals surface area contributed by atoms with Crippen LogP contribution in [0.3, 0.4) is 0 Å². The average molecular weight is 439 g/mol. The Morgan fingerprint density at radius 1 is 1.00 bits per heavy atom. The fourth-order valence-electron chi connectivity index (χ4n) is 4.17. The van der Waals surface area contributed by atoms with Crippen LogP contribution in [0.2, 0.25) is 0 Å². The van der Waals surface area contributed by atoms with Crippen molar-refractivity contribution in [2.24, 2.45) is 0 Å². The highest BCUT2D eigenvalue weighted by atomic mass is 32.1. The van der Waals surface area contributed by atoms with E-state index in [9.17, 15) is 4.79 Å². The van der Waals surface area contributed by atoms with E-state index >= 15 is 0 Å². The molecule has 4 aromatic heterocycles. The van der Waals surface area contributed by atoms with Crippen molar-refractivity contribution in [2.45, 2.75) is 12.5 Å². The second-order valence-electron chi connectivity index (χ2n) is 7.62. The van der Waals surface area contributed by atoms with Gasteiger partial charge in [-0.1, -0.05) is 30.3 Å². The third kappa shape index (κ3) is 3.16. The van der Waals surface area contributed by atoms with Crippen LogP contribution in [-0.4, -0.2) is 42.3 Å². The van der Waals surface area contributed by atoms with E-state index in [4.69, 9.17) is 4.98 Å². The molecule has 1 N–H and O–H groups in total. The number of fused-ring (bicyclic) bond motifs is 2. The molecule has 6 rings (SSSR count). The number of imidazole rings is 1. The Labute approximate surface area is 187 Å². The van der Waals surface area contributed by atoms with Gasteiger partial charge in [0.25, 0.3) is 5.91 Å². The largest absolute Gasteiger partial charge is 0.348 e. The summed E-state index contributed by atoms with van der Waals surface area (Å²) in [6.07, 6.45) is 7.64. The van der Waals surface area contributed by atoms with Crippen molar-refractivity contribution in [1.82, 2.24) is 29.8 Å². The standard InChI is InChI=1S/C24H18N6OS/c31-24(20-13-27-23(32-20)18-7-3-4-9-25-18)30-10-8-17-21(29-14-28-17)22(30)19-11-15-5-1-2-6-16(15)12-26-19/h1-7,9,11-14,22H,8,10H2,(H,28,29)/t22-/m1/s1. The van der Waals surface area contributed by atoms with Crippen molar-refractivity contribution < 1.29 is 4.79 Å². The molecule has 1 aliphatic heterocycles. The van der Waals surface area contributed by atoms with Gasteiger partial charge in [0.15, 0.2) is 0 Å². The maximum Gasteiger partial charge on any atom is 0.266 e. The number of nitrogens with one attached hydrogen (secondary N) is 1. The van der Waals surface area contributed by atoms with Gasteiger partial charge in [0.1, 0.15) is 15.9 Å². The number of hydrogen-bond acceptors (Lipinski definition) is 6. The molecular formula is C24H18N6OS. The molecule has 1 atom stereocenters. The quantitative estimate of drug-likeness (QED) is 0.455. The first kappa shape index (κ1) is 18.8. The molecule has 1 aromatic carbocycles. The zero-order valence-electron chi connectivity index (χ0n) is 17.0. The highest BCUT2D eigenvalue weighted by molar-refractivity contribution is 7.16. The van der Waals surface area contributed by atoms with Gasteiger partial charge in [0, 0.05) is 36.4 Å². The SMILES string of the molecule is O=C(c1cnc(-c2ccccn2)s1)N1CCc2[nH]cnc2[C@H]1c1cc2ccccc2cn1. The number of carbonyl (C=O) groups is 1. The minimum Gasteiger partial charge on any atom is -0.348 e. The summed E-state index contributed by atoms with van der Waals surface area (Å²) in [5.41, 5.74) is 3.46. The highest BCUT2D eigenvalue weighted by Gasteiger charge is 2.36. The summed E-state index contributed by atoms with van der Waals surface area (Å²) in [7, 11) is 0. The van der Waals surface area contributed by atoms with Gasteiger partial charge in [0.2, 0.25) is 0 Å². The van der Waals surface area contributed by atoms with Crippen LogP contribution in [0.5, 0.6) is 0 Å². The molecule has 1 amide bonds. The minimum atomic E-state index is -0.359. The number of carbonyl (C=O) groups excluding carboxylic acids is 1. The number of benzene rings is 1. The molecule has 1 aliphatic rings. The molecule has 0 unspecified atom stereocenters. The monoisotopic (exact) mass is 438 g/mol. The van der Waals surface area contributed by atoms with Crippen molar-refractivity contribution >= 4 is 28.0 Å². The number of hydrogen-bond donors (Lipinski definition) is 1. The highest BCUT2D eigenvalue weighted by Crippen LogP contribution is 2.35. The Bertz CT molecular complexity index is 1430. The zero-order valence-corrected chi connectivity index (χ0v) is 17.8. The molecule has 0 saturated heterocycles. The average Bonchev–Trinajstić information content (AvgIpc) is 3.53. The van der Waals surface area contributed by atoms with E-state index in [0.29, 0.717) is 11.4 Å². The van der Waals surface area contributed by atoms with Gasteiger partial charge >= 0.3 is 0 Å². The molecule has 0 saturated carbocycles. The molecule has 5 heterocycles. The van der Waals surface area contributed by atoms with Gasteiger partial charge < -0.3 is 9.88 Å². The van der Waals surface area contributed by atoms with Gasteiger partial charge in [-0.25, -0.2) is 9.97 Å². The Hall–Kier alpha value is -3.91. The number of aromatic amines is 1. The molecule has 0 bridgehead atoms. The van der Waals surface area contributed by atoms with Gasteiger partial charge in [0.05, 0.1) is 29.6 Å². The predicted octanol–water partition coefficient (Wildman–Crippen LogP) is 4.26. The summed E-state index contributed by atoms with van der Waals surface area (Å²) in [5.74, 6) is -0.0710. The smallest absolute Gasteiger partial charge is 0.266 e. The second kappa shape index (κ2) is 7.65. The van der Waals surface area contributed by atoms with Gasteiger partial charge in [-0.15, -0.1) is 11.3 Å². The van der Waals surface area contributed by atoms with Crippen LogP contribution in [0, 0.1) is 0 Å². The molecule has 7 nitrogen and oxygen atoms in total. The van der Waals surface area contributed by atoms with Crippen molar-refractivity contribution in [3.63, 3.8) is 0 Å². The fourth-order valence-corrected chi connectivity index (χ4v) is 5.02. The lowest BCUT2D eigenvalue weighted by atomic mass is 9.98. The van der Waals surface area contributed by atoms with Crippen LogP contribution in [0.4, 0.5) is 0 Å². The van der Waals surface area contributed by atoms with Crippen LogP contribution < -0.4 is 0 Å². The maximum absolute atomic E-state index is 13.6. The number of aromatic nitrogens is 5. The van der Waals surface area contributed by atoms with Crippen LogP contribution in [0.1, 0.15) is 32.8 Å². The molecule has 0 aliphatic carbocycles. The molecule has 8 heteroatoms. The minimum absolute atomic E-state index is 0.0710. The fraction of sp³-hybridized carbons (Fsp3) is 0.125. The topological polar surface area (TPSA) is 87.7 Å². The normalized spacial score (nSPS) is 15.6. The Morgan fingerprint density at radius 2 is 1.88 bits per heavy atom. The van der Waals surface area contributed by atoms with Gasteiger partial charge in [-0.3, -0.25) is 14.8 Å². The summed E-state index contributed by atoms with van der Waals surface area (Å²) in [4.78, 5) is 37.4. The number of rotatable bonds is 3. The Kier molecular flexibility index (Phi) is 4.50. The Morgan fingerprint density at radius 3 is 2.75 bits per heavy atom. The first-order valence-corrected chi connectivity index (χ1v) is 11.1. The summed E-state index contributed by atoms with van der Waals surface area (Å²) in [5, 5.41) is 2.88. The van der Waals surface area contributed by atoms with E-state index < -0.39 is 0 Å². The van der Waals surface area contributed by atoms with E-state index in [0.717, 1.165) is 45.0 Å². The number of H-pyrrole nitrogens is 1. The summed E-state index contributed by atoms with van der Waals surface area (Å²) in [6, 6.07) is 15.5. The summed E-state index contributed by atoms with van der Waals surface area (Å²) >= 11 is 1.36. The lowest BCUT2D eigenvalue weighted by Crippen LogP contribution is -2.40. The molecule has 5 aromatic rings. The molecule has 0 spiro atoms. The molecular weight excluding hydrogens is 420 g/mol. The number of thiazole rings is 1. The number of nitrogens with zero attached hydrogens (tertiary/aromatic N) is 5.